The van der Waals surface area contributed by atoms with Crippen LogP contribution in [-0.2, 0) is 10.2 Å². The molecule has 0 bridgehead atoms. The number of rotatable bonds is 5. The summed E-state index contributed by atoms with van der Waals surface area (Å²) in [5, 5.41) is 16.1. The van der Waals surface area contributed by atoms with Crippen molar-refractivity contribution in [2.75, 3.05) is 10.2 Å². The summed E-state index contributed by atoms with van der Waals surface area (Å²) >= 11 is 1.28. The highest BCUT2D eigenvalue weighted by atomic mass is 32.1. The van der Waals surface area contributed by atoms with Gasteiger partial charge in [-0.1, -0.05) is 48.5 Å². The summed E-state index contributed by atoms with van der Waals surface area (Å²) < 4.78 is 0. The van der Waals surface area contributed by atoms with Gasteiger partial charge in [0, 0.05) is 34.6 Å². The molecular weight excluding hydrogens is 538 g/mol. The highest BCUT2D eigenvalue weighted by Gasteiger charge is 2.70. The standard InChI is InChI=1S/C32H23N3O5S/c1-18-17-26-32(22-8-3-4-9-23(22)33-31(32)38)27(30(37)25-11-6-16-41-25)28(34(26)24-10-5-2-7-21(18)24)29(36)19-12-14-20(15-13-19)35(39)40/h2-17,26-28H,1H3,(H,33,38)/t26-,27+,28+,32-/m1/s1. The van der Waals surface area contributed by atoms with Crippen molar-refractivity contribution in [3.8, 4) is 0 Å². The molecule has 3 aromatic carbocycles. The van der Waals surface area contributed by atoms with Crippen molar-refractivity contribution in [2.24, 2.45) is 5.92 Å². The molecule has 7 rings (SSSR count). The quantitative estimate of drug-likeness (QED) is 0.185. The first kappa shape index (κ1) is 25.1. The number of benzene rings is 3. The van der Waals surface area contributed by atoms with Crippen LogP contribution in [0.25, 0.3) is 5.57 Å². The number of hydrogen-bond acceptors (Lipinski definition) is 7. The van der Waals surface area contributed by atoms with Crippen LogP contribution >= 0.6 is 11.3 Å². The number of carbonyl (C=O) groups excluding carboxylic acids is 3. The van der Waals surface area contributed by atoms with Crippen LogP contribution in [0.3, 0.4) is 0 Å². The van der Waals surface area contributed by atoms with Crippen molar-refractivity contribution in [1.82, 2.24) is 0 Å². The monoisotopic (exact) mass is 561 g/mol. The minimum absolute atomic E-state index is 0.139. The van der Waals surface area contributed by atoms with Gasteiger partial charge in [-0.2, -0.15) is 0 Å². The SMILES string of the molecule is CC1=C[C@H]2N(c3ccccc31)[C@H](C(=O)c1ccc([N+](=O)[O-])cc1)[C@@H](C(=O)c1cccs1)[C@]21C(=O)Nc2ccccc21. The zero-order valence-corrected chi connectivity index (χ0v) is 22.6. The van der Waals surface area contributed by atoms with E-state index in [1.165, 1.54) is 35.6 Å². The molecule has 3 aliphatic heterocycles. The molecule has 1 fully saturated rings. The minimum Gasteiger partial charge on any atom is -0.352 e. The maximum absolute atomic E-state index is 14.6. The van der Waals surface area contributed by atoms with Crippen LogP contribution in [0.2, 0.25) is 0 Å². The molecule has 0 unspecified atom stereocenters. The fourth-order valence-corrected chi connectivity index (χ4v) is 7.58. The Labute approximate surface area is 239 Å². The van der Waals surface area contributed by atoms with E-state index in [4.69, 9.17) is 0 Å². The van der Waals surface area contributed by atoms with Gasteiger partial charge in [0.1, 0.15) is 11.5 Å². The number of amides is 1. The fourth-order valence-electron chi connectivity index (χ4n) is 6.88. The fraction of sp³-hybridized carbons (Fsp3) is 0.156. The zero-order valence-electron chi connectivity index (χ0n) is 21.8. The number of Topliss-reactive ketones (excluding diaryl/α,β-unsaturated/α-hetero) is 2. The van der Waals surface area contributed by atoms with Gasteiger partial charge in [0.15, 0.2) is 11.6 Å². The van der Waals surface area contributed by atoms with Gasteiger partial charge >= 0.3 is 0 Å². The number of nitrogens with one attached hydrogen (secondary N) is 1. The first-order valence-corrected chi connectivity index (χ1v) is 14.1. The molecule has 1 spiro atoms. The number of ketones is 2. The molecule has 4 aromatic rings. The van der Waals surface area contributed by atoms with E-state index in [2.05, 4.69) is 5.32 Å². The summed E-state index contributed by atoms with van der Waals surface area (Å²) in [6, 6.07) is 22.3. The summed E-state index contributed by atoms with van der Waals surface area (Å²) in [7, 11) is 0. The second-order valence-corrected chi connectivity index (χ2v) is 11.5. The van der Waals surface area contributed by atoms with Crippen LogP contribution in [0.4, 0.5) is 17.1 Å². The summed E-state index contributed by atoms with van der Waals surface area (Å²) in [5.41, 5.74) is 2.62. The molecule has 0 aliphatic carbocycles. The summed E-state index contributed by atoms with van der Waals surface area (Å²) in [5.74, 6) is -2.07. The molecule has 202 valence electrons. The number of thiophene rings is 1. The Balaban J connectivity index is 1.53. The summed E-state index contributed by atoms with van der Waals surface area (Å²) in [6.07, 6.45) is 2.00. The Morgan fingerprint density at radius 2 is 1.68 bits per heavy atom. The highest BCUT2D eigenvalue weighted by Crippen LogP contribution is 2.59. The van der Waals surface area contributed by atoms with Gasteiger partial charge in [-0.15, -0.1) is 11.3 Å². The molecule has 3 aliphatic rings. The normalized spacial score (nSPS) is 23.8. The van der Waals surface area contributed by atoms with E-state index in [-0.39, 0.29) is 28.7 Å². The third-order valence-electron chi connectivity index (χ3n) is 8.56. The predicted molar refractivity (Wildman–Crippen MR) is 156 cm³/mol. The summed E-state index contributed by atoms with van der Waals surface area (Å²) in [4.78, 5) is 56.7. The molecule has 4 heterocycles. The van der Waals surface area contributed by atoms with Crippen molar-refractivity contribution in [2.45, 2.75) is 24.4 Å². The Kier molecular flexibility index (Phi) is 5.55. The van der Waals surface area contributed by atoms with Gasteiger partial charge in [0.25, 0.3) is 5.69 Å². The molecule has 1 saturated heterocycles. The van der Waals surface area contributed by atoms with Crippen LogP contribution in [0, 0.1) is 16.0 Å². The number of carbonyl (C=O) groups is 3. The molecule has 4 atom stereocenters. The first-order valence-electron chi connectivity index (χ1n) is 13.2. The van der Waals surface area contributed by atoms with Crippen LogP contribution in [-0.4, -0.2) is 34.5 Å². The second kappa shape index (κ2) is 9.07. The van der Waals surface area contributed by atoms with Gasteiger partial charge in [0.05, 0.1) is 21.8 Å². The molecule has 1 aromatic heterocycles. The van der Waals surface area contributed by atoms with Crippen LogP contribution in [0.1, 0.15) is 38.1 Å². The molecule has 1 amide bonds. The molecular formula is C32H23N3O5S. The average Bonchev–Trinajstić information content (AvgIpc) is 3.70. The van der Waals surface area contributed by atoms with Gasteiger partial charge in [-0.25, -0.2) is 0 Å². The molecule has 8 nitrogen and oxygen atoms in total. The number of nitro benzene ring substituents is 1. The molecule has 41 heavy (non-hydrogen) atoms. The number of nitro groups is 1. The van der Waals surface area contributed by atoms with Crippen molar-refractivity contribution >= 4 is 51.4 Å². The third-order valence-corrected chi connectivity index (χ3v) is 9.45. The molecule has 0 radical (unpaired) electrons. The lowest BCUT2D eigenvalue weighted by Crippen LogP contribution is -2.51. The van der Waals surface area contributed by atoms with Crippen LogP contribution < -0.4 is 10.2 Å². The van der Waals surface area contributed by atoms with E-state index in [0.29, 0.717) is 16.1 Å². The van der Waals surface area contributed by atoms with E-state index in [0.717, 1.165) is 16.8 Å². The van der Waals surface area contributed by atoms with E-state index >= 15 is 0 Å². The van der Waals surface area contributed by atoms with E-state index in [1.807, 2.05) is 66.4 Å². The Morgan fingerprint density at radius 1 is 0.951 bits per heavy atom. The first-order chi connectivity index (χ1) is 19.8. The smallest absolute Gasteiger partial charge is 0.269 e. The lowest BCUT2D eigenvalue weighted by Gasteiger charge is -2.39. The number of allylic oxidation sites excluding steroid dienone is 1. The number of non-ortho nitro benzene ring substituents is 1. The maximum Gasteiger partial charge on any atom is 0.269 e. The van der Waals surface area contributed by atoms with Crippen LogP contribution in [0.15, 0.2) is 96.4 Å². The number of nitrogens with zero attached hydrogens (tertiary/aromatic N) is 2. The minimum atomic E-state index is -1.40. The van der Waals surface area contributed by atoms with E-state index in [9.17, 15) is 24.5 Å². The number of fused-ring (bicyclic) bond motifs is 6. The maximum atomic E-state index is 14.6. The molecule has 9 heteroatoms. The van der Waals surface area contributed by atoms with Crippen molar-refractivity contribution in [1.29, 1.82) is 0 Å². The largest absolute Gasteiger partial charge is 0.352 e. The Morgan fingerprint density at radius 3 is 2.41 bits per heavy atom. The average molecular weight is 562 g/mol. The number of anilines is 2. The topological polar surface area (TPSA) is 110 Å². The highest BCUT2D eigenvalue weighted by molar-refractivity contribution is 7.12. The van der Waals surface area contributed by atoms with Crippen LogP contribution in [0.5, 0.6) is 0 Å². The van der Waals surface area contributed by atoms with Crippen molar-refractivity contribution in [3.05, 3.63) is 128 Å². The van der Waals surface area contributed by atoms with E-state index in [1.54, 1.807) is 17.5 Å². The van der Waals surface area contributed by atoms with Crippen molar-refractivity contribution < 1.29 is 19.3 Å². The van der Waals surface area contributed by atoms with E-state index < -0.39 is 28.3 Å². The van der Waals surface area contributed by atoms with Crippen molar-refractivity contribution in [3.63, 3.8) is 0 Å². The lowest BCUT2D eigenvalue weighted by molar-refractivity contribution is -0.384. The Bertz CT molecular complexity index is 1800. The molecule has 0 saturated carbocycles. The second-order valence-electron chi connectivity index (χ2n) is 10.5. The Hall–Kier alpha value is -4.89. The lowest BCUT2D eigenvalue weighted by atomic mass is 9.64. The van der Waals surface area contributed by atoms with Gasteiger partial charge in [-0.05, 0) is 53.8 Å². The zero-order chi connectivity index (χ0) is 28.5. The van der Waals surface area contributed by atoms with Gasteiger partial charge in [-0.3, -0.25) is 24.5 Å². The van der Waals surface area contributed by atoms with Gasteiger partial charge in [0.2, 0.25) is 5.91 Å². The number of para-hydroxylation sites is 2. The third kappa shape index (κ3) is 3.42. The van der Waals surface area contributed by atoms with Gasteiger partial charge < -0.3 is 10.2 Å². The predicted octanol–water partition coefficient (Wildman–Crippen LogP) is 5.90. The summed E-state index contributed by atoms with van der Waals surface area (Å²) in [6.45, 7) is 1.98. The number of hydrogen-bond donors (Lipinski definition) is 1. The molecule has 1 N–H and O–H groups in total.